The van der Waals surface area contributed by atoms with E-state index in [1.807, 2.05) is 13.8 Å². The fourth-order valence-electron chi connectivity index (χ4n) is 3.09. The molecule has 0 radical (unpaired) electrons. The molecule has 0 saturated carbocycles. The highest BCUT2D eigenvalue weighted by Gasteiger charge is 2.23. The van der Waals surface area contributed by atoms with Gasteiger partial charge >= 0.3 is 5.97 Å². The highest BCUT2D eigenvalue weighted by Crippen LogP contribution is 2.16. The first kappa shape index (κ1) is 19.1. The maximum absolute atomic E-state index is 12.3. The zero-order chi connectivity index (χ0) is 18.4. The number of aromatic nitrogens is 2. The Labute approximate surface area is 147 Å². The van der Waals surface area contributed by atoms with Crippen molar-refractivity contribution < 1.29 is 14.3 Å². The van der Waals surface area contributed by atoms with Crippen molar-refractivity contribution in [2.24, 2.45) is 5.92 Å². The SMILES string of the molecule is COC(=O)C(CC(C)C)NC(=O)Cn1nc2c(cc1=O)CCCCC2. The van der Waals surface area contributed by atoms with Gasteiger partial charge in [-0.2, -0.15) is 5.10 Å². The predicted molar refractivity (Wildman–Crippen MR) is 93.2 cm³/mol. The van der Waals surface area contributed by atoms with E-state index in [-0.39, 0.29) is 18.0 Å². The lowest BCUT2D eigenvalue weighted by Crippen LogP contribution is -2.45. The number of carbonyl (C=O) groups is 2. The molecular weight excluding hydrogens is 322 g/mol. The summed E-state index contributed by atoms with van der Waals surface area (Å²) in [5.41, 5.74) is 1.61. The largest absolute Gasteiger partial charge is 0.467 e. The minimum atomic E-state index is -0.714. The topological polar surface area (TPSA) is 90.3 Å². The Morgan fingerprint density at radius 3 is 2.68 bits per heavy atom. The van der Waals surface area contributed by atoms with Crippen LogP contribution in [0.3, 0.4) is 0 Å². The van der Waals surface area contributed by atoms with Crippen molar-refractivity contribution in [3.63, 3.8) is 0 Å². The number of esters is 1. The molecule has 138 valence electrons. The molecule has 1 aromatic heterocycles. The maximum atomic E-state index is 12.3. The summed E-state index contributed by atoms with van der Waals surface area (Å²) in [5, 5.41) is 7.03. The molecule has 7 heteroatoms. The molecule has 1 heterocycles. The first-order chi connectivity index (χ1) is 11.9. The van der Waals surface area contributed by atoms with Gasteiger partial charge in [-0.15, -0.1) is 0 Å². The monoisotopic (exact) mass is 349 g/mol. The average Bonchev–Trinajstić information content (AvgIpc) is 2.78. The van der Waals surface area contributed by atoms with E-state index in [1.165, 1.54) is 11.8 Å². The minimum Gasteiger partial charge on any atom is -0.467 e. The standard InChI is InChI=1S/C18H27N3O4/c1-12(2)9-15(18(24)25-3)19-16(22)11-21-17(23)10-13-7-5-4-6-8-14(13)20-21/h10,12,15H,4-9,11H2,1-3H3,(H,19,22). The lowest BCUT2D eigenvalue weighted by molar-refractivity contribution is -0.145. The van der Waals surface area contributed by atoms with Crippen LogP contribution in [-0.4, -0.2) is 34.8 Å². The molecule has 1 aliphatic carbocycles. The summed E-state index contributed by atoms with van der Waals surface area (Å²) in [4.78, 5) is 36.3. The fraction of sp³-hybridized carbons (Fsp3) is 0.667. The minimum absolute atomic E-state index is 0.197. The van der Waals surface area contributed by atoms with Crippen molar-refractivity contribution in [3.05, 3.63) is 27.7 Å². The normalized spacial score (nSPS) is 15.2. The number of rotatable bonds is 6. The van der Waals surface area contributed by atoms with Crippen molar-refractivity contribution in [1.82, 2.24) is 15.1 Å². The molecular formula is C18H27N3O4. The van der Waals surface area contributed by atoms with E-state index in [2.05, 4.69) is 10.4 Å². The van der Waals surface area contributed by atoms with Gasteiger partial charge in [0.2, 0.25) is 5.91 Å². The zero-order valence-corrected chi connectivity index (χ0v) is 15.2. The molecule has 1 amide bonds. The Morgan fingerprint density at radius 2 is 2.00 bits per heavy atom. The van der Waals surface area contributed by atoms with Crippen LogP contribution in [0.5, 0.6) is 0 Å². The van der Waals surface area contributed by atoms with E-state index in [0.717, 1.165) is 43.4 Å². The van der Waals surface area contributed by atoms with Crippen molar-refractivity contribution in [2.45, 2.75) is 65.0 Å². The highest BCUT2D eigenvalue weighted by atomic mass is 16.5. The molecule has 0 aliphatic heterocycles. The van der Waals surface area contributed by atoms with Crippen LogP contribution in [-0.2, 0) is 33.7 Å². The van der Waals surface area contributed by atoms with Gasteiger partial charge in [-0.25, -0.2) is 9.48 Å². The lowest BCUT2D eigenvalue weighted by atomic mass is 10.0. The van der Waals surface area contributed by atoms with E-state index in [9.17, 15) is 14.4 Å². The number of nitrogens with one attached hydrogen (secondary N) is 1. The molecule has 1 atom stereocenters. The Hall–Kier alpha value is -2.18. The average molecular weight is 349 g/mol. The summed E-state index contributed by atoms with van der Waals surface area (Å²) in [7, 11) is 1.29. The summed E-state index contributed by atoms with van der Waals surface area (Å²) in [6.07, 6.45) is 5.41. The molecule has 0 bridgehead atoms. The first-order valence-electron chi connectivity index (χ1n) is 8.87. The van der Waals surface area contributed by atoms with Gasteiger partial charge in [0.1, 0.15) is 12.6 Å². The molecule has 25 heavy (non-hydrogen) atoms. The number of carbonyl (C=O) groups excluding carboxylic acids is 2. The van der Waals surface area contributed by atoms with Crippen LogP contribution in [0.2, 0.25) is 0 Å². The molecule has 0 aromatic carbocycles. The third kappa shape index (κ3) is 5.41. The number of aryl methyl sites for hydroxylation is 2. The van der Waals surface area contributed by atoms with Crippen molar-refractivity contribution in [1.29, 1.82) is 0 Å². The van der Waals surface area contributed by atoms with Crippen LogP contribution in [0, 0.1) is 5.92 Å². The Morgan fingerprint density at radius 1 is 1.28 bits per heavy atom. The number of nitrogens with zero attached hydrogens (tertiary/aromatic N) is 2. The van der Waals surface area contributed by atoms with Gasteiger partial charge in [0.15, 0.2) is 0 Å². The zero-order valence-electron chi connectivity index (χ0n) is 15.2. The number of hydrogen-bond acceptors (Lipinski definition) is 5. The van der Waals surface area contributed by atoms with Crippen molar-refractivity contribution in [3.8, 4) is 0 Å². The van der Waals surface area contributed by atoms with Crippen LogP contribution >= 0.6 is 0 Å². The fourth-order valence-corrected chi connectivity index (χ4v) is 3.09. The third-order valence-electron chi connectivity index (χ3n) is 4.35. The van der Waals surface area contributed by atoms with Gasteiger partial charge in [-0.05, 0) is 43.6 Å². The predicted octanol–water partition coefficient (Wildman–Crippen LogP) is 1.22. The van der Waals surface area contributed by atoms with Gasteiger partial charge in [0, 0.05) is 6.07 Å². The Balaban J connectivity index is 2.10. The molecule has 1 unspecified atom stereocenters. The second-order valence-electron chi connectivity index (χ2n) is 6.95. The summed E-state index contributed by atoms with van der Waals surface area (Å²) >= 11 is 0. The molecule has 7 nitrogen and oxygen atoms in total. The van der Waals surface area contributed by atoms with Crippen molar-refractivity contribution in [2.75, 3.05) is 7.11 Å². The van der Waals surface area contributed by atoms with E-state index in [0.29, 0.717) is 6.42 Å². The second-order valence-corrected chi connectivity index (χ2v) is 6.95. The van der Waals surface area contributed by atoms with Gasteiger partial charge in [0.05, 0.1) is 12.8 Å². The summed E-state index contributed by atoms with van der Waals surface area (Å²) in [6.45, 7) is 3.72. The summed E-state index contributed by atoms with van der Waals surface area (Å²) in [6, 6.07) is 0.876. The van der Waals surface area contributed by atoms with Crippen LogP contribution in [0.15, 0.2) is 10.9 Å². The highest BCUT2D eigenvalue weighted by molar-refractivity contribution is 5.84. The number of fused-ring (bicyclic) bond motifs is 1. The first-order valence-corrected chi connectivity index (χ1v) is 8.87. The second kappa shape index (κ2) is 8.78. The van der Waals surface area contributed by atoms with Gasteiger partial charge in [-0.1, -0.05) is 20.3 Å². The maximum Gasteiger partial charge on any atom is 0.328 e. The van der Waals surface area contributed by atoms with Crippen LogP contribution < -0.4 is 10.9 Å². The van der Waals surface area contributed by atoms with Gasteiger partial charge in [-0.3, -0.25) is 9.59 Å². The van der Waals surface area contributed by atoms with E-state index < -0.39 is 17.9 Å². The third-order valence-corrected chi connectivity index (χ3v) is 4.35. The molecule has 1 N–H and O–H groups in total. The van der Waals surface area contributed by atoms with Crippen LogP contribution in [0.4, 0.5) is 0 Å². The number of ether oxygens (including phenoxy) is 1. The lowest BCUT2D eigenvalue weighted by Gasteiger charge is -2.18. The smallest absolute Gasteiger partial charge is 0.328 e. The van der Waals surface area contributed by atoms with E-state index >= 15 is 0 Å². The van der Waals surface area contributed by atoms with E-state index in [1.54, 1.807) is 6.07 Å². The van der Waals surface area contributed by atoms with Gasteiger partial charge in [0.25, 0.3) is 5.56 Å². The molecule has 0 spiro atoms. The molecule has 0 fully saturated rings. The summed E-state index contributed by atoms with van der Waals surface area (Å²) < 4.78 is 5.92. The number of hydrogen-bond donors (Lipinski definition) is 1. The van der Waals surface area contributed by atoms with Crippen LogP contribution in [0.1, 0.15) is 50.8 Å². The quantitative estimate of drug-likeness (QED) is 0.616. The number of methoxy groups -OCH3 is 1. The number of amides is 1. The van der Waals surface area contributed by atoms with Crippen LogP contribution in [0.25, 0.3) is 0 Å². The molecule has 1 aromatic rings. The Kier molecular flexibility index (Phi) is 6.73. The molecule has 2 rings (SSSR count). The Bertz CT molecular complexity index is 681. The molecule has 1 aliphatic rings. The van der Waals surface area contributed by atoms with E-state index in [4.69, 9.17) is 4.74 Å². The summed E-state index contributed by atoms with van der Waals surface area (Å²) in [5.74, 6) is -0.679. The van der Waals surface area contributed by atoms with Crippen molar-refractivity contribution >= 4 is 11.9 Å². The van der Waals surface area contributed by atoms with Gasteiger partial charge < -0.3 is 10.1 Å². The molecule has 0 saturated heterocycles.